The maximum absolute atomic E-state index is 11.8. The Labute approximate surface area is 310 Å². The molecular weight excluding hydrogens is 684 g/mol. The van der Waals surface area contributed by atoms with Crippen molar-refractivity contribution in [2.24, 2.45) is 0 Å². The van der Waals surface area contributed by atoms with E-state index in [4.69, 9.17) is 18.3 Å². The van der Waals surface area contributed by atoms with Gasteiger partial charge in [0.2, 0.25) is 0 Å². The molecule has 10 heteroatoms. The van der Waals surface area contributed by atoms with Gasteiger partial charge < -0.3 is 28.5 Å². The van der Waals surface area contributed by atoms with Crippen LogP contribution in [0.25, 0.3) is 66.7 Å². The third kappa shape index (κ3) is 7.35. The van der Waals surface area contributed by atoms with Gasteiger partial charge in [-0.05, 0) is 93.4 Å². The molecule has 4 heterocycles. The first-order valence-electron chi connectivity index (χ1n) is 17.1. The molecule has 8 aromatic rings. The van der Waals surface area contributed by atoms with Crippen LogP contribution in [0.2, 0.25) is 0 Å². The highest BCUT2D eigenvalue weighted by Gasteiger charge is 2.20. The molecule has 0 saturated heterocycles. The highest BCUT2D eigenvalue weighted by Crippen LogP contribution is 2.36. The molecule has 0 unspecified atom stereocenters. The minimum atomic E-state index is -1.03. The van der Waals surface area contributed by atoms with Crippen molar-refractivity contribution < 1.29 is 38.1 Å². The van der Waals surface area contributed by atoms with E-state index in [0.29, 0.717) is 56.2 Å². The Morgan fingerprint density at radius 2 is 1.17 bits per heavy atom. The second-order valence-electron chi connectivity index (χ2n) is 12.3. The number of carboxylic acid groups (broad SMARTS) is 2. The number of methoxy groups -OCH3 is 2. The maximum Gasteiger partial charge on any atom is 0.336 e. The molecule has 0 fully saturated rings. The van der Waals surface area contributed by atoms with Crippen molar-refractivity contribution >= 4 is 55.7 Å². The summed E-state index contributed by atoms with van der Waals surface area (Å²) in [5.41, 5.74) is 5.69. The third-order valence-electron chi connectivity index (χ3n) is 8.81. The number of furan rings is 2. The lowest BCUT2D eigenvalue weighted by Crippen LogP contribution is -2.02. The normalized spacial score (nSPS) is 11.0. The fourth-order valence-corrected chi connectivity index (χ4v) is 6.01. The summed E-state index contributed by atoms with van der Waals surface area (Å²) < 4.78 is 22.3. The van der Waals surface area contributed by atoms with Gasteiger partial charge in [-0.25, -0.2) is 19.6 Å². The van der Waals surface area contributed by atoms with Gasteiger partial charge in [-0.1, -0.05) is 54.6 Å². The Bertz CT molecular complexity index is 2630. The van der Waals surface area contributed by atoms with Crippen LogP contribution in [0.15, 0.2) is 118 Å². The average Bonchev–Trinajstić information content (AvgIpc) is 3.83. The van der Waals surface area contributed by atoms with E-state index in [-0.39, 0.29) is 11.1 Å². The van der Waals surface area contributed by atoms with Crippen molar-refractivity contribution in [3.05, 3.63) is 131 Å². The fraction of sp³-hybridized carbons (Fsp3) is 0.136. The molecule has 0 amide bonds. The average molecular weight is 723 g/mol. The zero-order chi connectivity index (χ0) is 38.5. The van der Waals surface area contributed by atoms with Gasteiger partial charge in [0, 0.05) is 16.2 Å². The van der Waals surface area contributed by atoms with Gasteiger partial charge in [0.1, 0.15) is 34.1 Å². The predicted octanol–water partition coefficient (Wildman–Crippen LogP) is 10.9. The van der Waals surface area contributed by atoms with Gasteiger partial charge in [-0.3, -0.25) is 0 Å². The first-order chi connectivity index (χ1) is 26.1. The first kappa shape index (κ1) is 36.8. The molecule has 54 heavy (non-hydrogen) atoms. The summed E-state index contributed by atoms with van der Waals surface area (Å²) in [5.74, 6) is 0.118. The number of benzene rings is 4. The molecule has 4 aromatic heterocycles. The van der Waals surface area contributed by atoms with E-state index in [1.807, 2.05) is 113 Å². The molecule has 0 saturated carbocycles. The number of aromatic carboxylic acids is 2. The Morgan fingerprint density at radius 1 is 0.630 bits per heavy atom. The van der Waals surface area contributed by atoms with Crippen LogP contribution in [0.3, 0.4) is 0 Å². The smallest absolute Gasteiger partial charge is 0.336 e. The second kappa shape index (κ2) is 15.7. The summed E-state index contributed by atoms with van der Waals surface area (Å²) in [5, 5.41) is 22.3. The molecule has 10 nitrogen and oxygen atoms in total. The minimum Gasteiger partial charge on any atom is -0.497 e. The lowest BCUT2D eigenvalue weighted by atomic mass is 10.0. The van der Waals surface area contributed by atoms with Crippen molar-refractivity contribution in [1.82, 2.24) is 9.97 Å². The number of ether oxygens (including phenoxy) is 2. The van der Waals surface area contributed by atoms with E-state index in [0.717, 1.165) is 33.1 Å². The quantitative estimate of drug-likeness (QED) is 0.159. The highest BCUT2D eigenvalue weighted by atomic mass is 16.5. The number of carboxylic acids is 2. The van der Waals surface area contributed by atoms with Gasteiger partial charge in [-0.15, -0.1) is 0 Å². The maximum atomic E-state index is 11.8. The highest BCUT2D eigenvalue weighted by molar-refractivity contribution is 6.07. The summed E-state index contributed by atoms with van der Waals surface area (Å²) in [7, 11) is 3.07. The van der Waals surface area contributed by atoms with Gasteiger partial charge >= 0.3 is 11.9 Å². The van der Waals surface area contributed by atoms with Gasteiger partial charge in [0.05, 0.1) is 41.8 Å². The number of allylic oxidation sites excluding steroid dienone is 2. The molecule has 4 aromatic carbocycles. The van der Waals surface area contributed by atoms with Crippen molar-refractivity contribution in [2.45, 2.75) is 27.7 Å². The predicted molar refractivity (Wildman–Crippen MR) is 211 cm³/mol. The number of carbonyl (C=O) groups is 2. The SMILES string of the molecule is C/C=C\C.COc1cc(C)c2nc(-c3cc4ccccc4o3)cc(C(=O)O)c2c1.COc1ccc(C)c2nc(-c3cc4ccccc4o3)cc(C(=O)O)c12. The van der Waals surface area contributed by atoms with E-state index < -0.39 is 11.9 Å². The Balaban J connectivity index is 0.000000168. The van der Waals surface area contributed by atoms with Crippen LogP contribution in [0.1, 0.15) is 45.7 Å². The molecular formula is C44H38N2O8. The molecule has 0 aliphatic carbocycles. The first-order valence-corrected chi connectivity index (χ1v) is 17.1. The topological polar surface area (TPSA) is 145 Å². The zero-order valence-corrected chi connectivity index (χ0v) is 30.6. The van der Waals surface area contributed by atoms with Crippen molar-refractivity contribution in [3.63, 3.8) is 0 Å². The summed E-state index contributed by atoms with van der Waals surface area (Å²) in [6.07, 6.45) is 4.00. The molecule has 0 bridgehead atoms. The Kier molecular flexibility index (Phi) is 10.7. The van der Waals surface area contributed by atoms with E-state index in [1.165, 1.54) is 13.2 Å². The summed E-state index contributed by atoms with van der Waals surface area (Å²) >= 11 is 0. The fourth-order valence-electron chi connectivity index (χ4n) is 6.01. The number of fused-ring (bicyclic) bond motifs is 4. The second-order valence-corrected chi connectivity index (χ2v) is 12.3. The summed E-state index contributed by atoms with van der Waals surface area (Å²) in [6.45, 7) is 7.77. The number of para-hydroxylation sites is 2. The third-order valence-corrected chi connectivity index (χ3v) is 8.81. The van der Waals surface area contributed by atoms with Crippen molar-refractivity contribution in [3.8, 4) is 34.4 Å². The number of rotatable bonds is 6. The van der Waals surface area contributed by atoms with E-state index >= 15 is 0 Å². The molecule has 0 atom stereocenters. The van der Waals surface area contributed by atoms with Crippen LogP contribution < -0.4 is 9.47 Å². The number of hydrogen-bond donors (Lipinski definition) is 2. The Hall–Kier alpha value is -6.94. The van der Waals surface area contributed by atoms with E-state index in [2.05, 4.69) is 9.97 Å². The van der Waals surface area contributed by atoms with Crippen LogP contribution in [0.5, 0.6) is 11.5 Å². The molecule has 8 rings (SSSR count). The Morgan fingerprint density at radius 3 is 1.67 bits per heavy atom. The molecule has 0 spiro atoms. The van der Waals surface area contributed by atoms with E-state index in [1.54, 1.807) is 25.3 Å². The van der Waals surface area contributed by atoms with Crippen LogP contribution in [-0.4, -0.2) is 46.3 Å². The van der Waals surface area contributed by atoms with Gasteiger partial charge in [0.25, 0.3) is 0 Å². The molecule has 0 aliphatic rings. The largest absolute Gasteiger partial charge is 0.497 e. The number of hydrogen-bond acceptors (Lipinski definition) is 8. The van der Waals surface area contributed by atoms with E-state index in [9.17, 15) is 19.8 Å². The molecule has 2 N–H and O–H groups in total. The van der Waals surface area contributed by atoms with Gasteiger partial charge in [-0.2, -0.15) is 0 Å². The number of nitrogens with zero attached hydrogens (tertiary/aromatic N) is 2. The van der Waals surface area contributed by atoms with Crippen LogP contribution in [0.4, 0.5) is 0 Å². The van der Waals surface area contributed by atoms with Crippen molar-refractivity contribution in [1.29, 1.82) is 0 Å². The monoisotopic (exact) mass is 722 g/mol. The lowest BCUT2D eigenvalue weighted by molar-refractivity contribution is 0.0688. The number of pyridine rings is 2. The lowest BCUT2D eigenvalue weighted by Gasteiger charge is -2.11. The molecule has 0 radical (unpaired) electrons. The van der Waals surface area contributed by atoms with Crippen LogP contribution in [-0.2, 0) is 0 Å². The molecule has 0 aliphatic heterocycles. The summed E-state index contributed by atoms with van der Waals surface area (Å²) in [6, 6.07) is 29.2. The summed E-state index contributed by atoms with van der Waals surface area (Å²) in [4.78, 5) is 32.9. The van der Waals surface area contributed by atoms with Gasteiger partial charge in [0.15, 0.2) is 11.5 Å². The molecule has 272 valence electrons. The zero-order valence-electron chi connectivity index (χ0n) is 30.6. The standard InChI is InChI=1S/2C20H15NO4.C4H8/c1-11-7-13(24-2)9-14-15(20(22)23)10-16(21-19(11)14)18-8-12-5-3-4-6-17(12)25-18;1-11-7-8-16(24-2)18-13(20(22)23)10-14(21-19(11)18)17-9-12-5-3-4-6-15(12)25-17;1-3-4-2/h2*3-10H,1-2H3,(H,22,23);3-4H,1-2H3/b;;4-3-. The van der Waals surface area contributed by atoms with Crippen molar-refractivity contribution in [2.75, 3.05) is 14.2 Å². The number of aromatic nitrogens is 2. The number of aryl methyl sites for hydroxylation is 2. The minimum absolute atomic E-state index is 0.140. The van der Waals surface area contributed by atoms with Crippen LogP contribution >= 0.6 is 0 Å². The van der Waals surface area contributed by atoms with Crippen LogP contribution in [0, 0.1) is 13.8 Å².